The number of nitrogens with zero attached hydrogens (tertiary/aromatic N) is 1. The molecule has 0 unspecified atom stereocenters. The fourth-order valence-electron chi connectivity index (χ4n) is 1.56. The van der Waals surface area contributed by atoms with Crippen molar-refractivity contribution in [3.8, 4) is 0 Å². The maximum atomic E-state index is 13.5. The van der Waals surface area contributed by atoms with Crippen LogP contribution in [-0.4, -0.2) is 16.8 Å². The number of nitrogens with two attached hydrogens (primary N) is 1. The first kappa shape index (κ1) is 14.5. The van der Waals surface area contributed by atoms with Gasteiger partial charge in [-0.3, -0.25) is 9.59 Å². The Labute approximate surface area is 116 Å². The number of pyridine rings is 1. The van der Waals surface area contributed by atoms with Gasteiger partial charge in [0, 0.05) is 11.8 Å². The summed E-state index contributed by atoms with van der Waals surface area (Å²) >= 11 is 0. The molecule has 0 spiro atoms. The highest BCUT2D eigenvalue weighted by atomic mass is 19.2. The van der Waals surface area contributed by atoms with Gasteiger partial charge >= 0.3 is 0 Å². The topological polar surface area (TPSA) is 85.1 Å². The zero-order valence-corrected chi connectivity index (χ0v) is 10.4. The molecule has 1 aromatic heterocycles. The molecule has 0 radical (unpaired) electrons. The zero-order valence-electron chi connectivity index (χ0n) is 10.4. The van der Waals surface area contributed by atoms with Crippen molar-refractivity contribution >= 4 is 17.5 Å². The summed E-state index contributed by atoms with van der Waals surface area (Å²) in [6, 6.07) is 3.97. The Kier molecular flexibility index (Phi) is 3.88. The van der Waals surface area contributed by atoms with Crippen LogP contribution in [-0.2, 0) is 0 Å². The molecule has 0 saturated heterocycles. The van der Waals surface area contributed by atoms with Crippen molar-refractivity contribution in [2.24, 2.45) is 5.73 Å². The van der Waals surface area contributed by atoms with Crippen molar-refractivity contribution in [3.05, 3.63) is 59.2 Å². The lowest BCUT2D eigenvalue weighted by atomic mass is 10.1. The van der Waals surface area contributed by atoms with Crippen molar-refractivity contribution in [2.45, 2.75) is 0 Å². The number of halogens is 3. The van der Waals surface area contributed by atoms with Gasteiger partial charge in [-0.05, 0) is 24.3 Å². The summed E-state index contributed by atoms with van der Waals surface area (Å²) in [6.45, 7) is 0. The number of benzene rings is 1. The van der Waals surface area contributed by atoms with Crippen LogP contribution in [0.5, 0.6) is 0 Å². The predicted molar refractivity (Wildman–Crippen MR) is 67.0 cm³/mol. The molecule has 2 aromatic rings. The lowest BCUT2D eigenvalue weighted by molar-refractivity contribution is 0.0995. The van der Waals surface area contributed by atoms with E-state index in [2.05, 4.69) is 4.98 Å². The standard InChI is InChI=1S/C13H8F3N3O2/c14-8-2-1-6(12(17)20)5-9(8)19-13(21)7-3-4-18-11(16)10(7)15/h1-5H,(H2,17,20)(H,19,21). The Bertz CT molecular complexity index is 735. The van der Waals surface area contributed by atoms with E-state index in [0.717, 1.165) is 30.5 Å². The number of hydrogen-bond acceptors (Lipinski definition) is 3. The SMILES string of the molecule is NC(=O)c1ccc(F)c(NC(=O)c2ccnc(F)c2F)c1. The second kappa shape index (κ2) is 5.61. The summed E-state index contributed by atoms with van der Waals surface area (Å²) in [5.74, 6) is -5.68. The van der Waals surface area contributed by atoms with Gasteiger partial charge < -0.3 is 11.1 Å². The minimum atomic E-state index is -1.46. The van der Waals surface area contributed by atoms with E-state index < -0.39 is 35.0 Å². The summed E-state index contributed by atoms with van der Waals surface area (Å²) in [4.78, 5) is 25.8. The first-order valence-electron chi connectivity index (χ1n) is 5.61. The van der Waals surface area contributed by atoms with Crippen LogP contribution in [0.2, 0.25) is 0 Å². The van der Waals surface area contributed by atoms with E-state index in [1.54, 1.807) is 0 Å². The van der Waals surface area contributed by atoms with Crippen LogP contribution in [0.4, 0.5) is 18.9 Å². The van der Waals surface area contributed by atoms with Gasteiger partial charge in [0.05, 0.1) is 11.3 Å². The van der Waals surface area contributed by atoms with Gasteiger partial charge in [-0.2, -0.15) is 4.39 Å². The lowest BCUT2D eigenvalue weighted by Crippen LogP contribution is -2.17. The van der Waals surface area contributed by atoms with E-state index in [0.29, 0.717) is 0 Å². The molecule has 1 aromatic carbocycles. The molecule has 108 valence electrons. The van der Waals surface area contributed by atoms with Crippen molar-refractivity contribution in [3.63, 3.8) is 0 Å². The van der Waals surface area contributed by atoms with Crippen molar-refractivity contribution in [1.29, 1.82) is 0 Å². The van der Waals surface area contributed by atoms with Crippen LogP contribution in [0.1, 0.15) is 20.7 Å². The molecule has 2 amide bonds. The van der Waals surface area contributed by atoms with Crippen LogP contribution in [0.15, 0.2) is 30.5 Å². The molecule has 0 atom stereocenters. The van der Waals surface area contributed by atoms with E-state index in [9.17, 15) is 22.8 Å². The van der Waals surface area contributed by atoms with Gasteiger partial charge in [0.15, 0.2) is 5.82 Å². The summed E-state index contributed by atoms with van der Waals surface area (Å²) in [6.07, 6.45) is 0.892. The van der Waals surface area contributed by atoms with Crippen LogP contribution in [0.3, 0.4) is 0 Å². The monoisotopic (exact) mass is 295 g/mol. The van der Waals surface area contributed by atoms with E-state index in [-0.39, 0.29) is 11.3 Å². The highest BCUT2D eigenvalue weighted by molar-refractivity contribution is 6.05. The maximum Gasteiger partial charge on any atom is 0.258 e. The van der Waals surface area contributed by atoms with E-state index in [4.69, 9.17) is 5.73 Å². The summed E-state index contributed by atoms with van der Waals surface area (Å²) in [5, 5.41) is 2.03. The number of hydrogen-bond donors (Lipinski definition) is 2. The van der Waals surface area contributed by atoms with Gasteiger partial charge in [-0.25, -0.2) is 13.8 Å². The number of carbonyl (C=O) groups excluding carboxylic acids is 2. The third kappa shape index (κ3) is 2.99. The first-order chi connectivity index (χ1) is 9.90. The average molecular weight is 295 g/mol. The average Bonchev–Trinajstić information content (AvgIpc) is 2.43. The number of rotatable bonds is 3. The normalized spacial score (nSPS) is 10.2. The Morgan fingerprint density at radius 2 is 1.86 bits per heavy atom. The molecule has 0 aliphatic rings. The van der Waals surface area contributed by atoms with Crippen LogP contribution in [0.25, 0.3) is 0 Å². The van der Waals surface area contributed by atoms with Crippen molar-refractivity contribution in [2.75, 3.05) is 5.32 Å². The maximum absolute atomic E-state index is 13.5. The molecular weight excluding hydrogens is 287 g/mol. The Balaban J connectivity index is 2.33. The number of aromatic nitrogens is 1. The second-order valence-corrected chi connectivity index (χ2v) is 3.98. The van der Waals surface area contributed by atoms with Gasteiger partial charge in [0.1, 0.15) is 5.82 Å². The van der Waals surface area contributed by atoms with Crippen LogP contribution in [0, 0.1) is 17.6 Å². The molecule has 0 aliphatic carbocycles. The number of amides is 2. The number of anilines is 1. The van der Waals surface area contributed by atoms with E-state index >= 15 is 0 Å². The first-order valence-corrected chi connectivity index (χ1v) is 5.61. The van der Waals surface area contributed by atoms with E-state index in [1.165, 1.54) is 0 Å². The minimum Gasteiger partial charge on any atom is -0.366 e. The Morgan fingerprint density at radius 3 is 2.52 bits per heavy atom. The molecule has 5 nitrogen and oxygen atoms in total. The third-order valence-electron chi connectivity index (χ3n) is 2.59. The molecular formula is C13H8F3N3O2. The van der Waals surface area contributed by atoms with Gasteiger partial charge in [-0.1, -0.05) is 0 Å². The molecule has 2 rings (SSSR count). The highest BCUT2D eigenvalue weighted by Gasteiger charge is 2.18. The Morgan fingerprint density at radius 1 is 1.14 bits per heavy atom. The van der Waals surface area contributed by atoms with Crippen molar-refractivity contribution < 1.29 is 22.8 Å². The van der Waals surface area contributed by atoms with Crippen molar-refractivity contribution in [1.82, 2.24) is 4.98 Å². The largest absolute Gasteiger partial charge is 0.366 e. The van der Waals surface area contributed by atoms with Gasteiger partial charge in [0.25, 0.3) is 5.91 Å². The molecule has 21 heavy (non-hydrogen) atoms. The van der Waals surface area contributed by atoms with Gasteiger partial charge in [-0.15, -0.1) is 0 Å². The van der Waals surface area contributed by atoms with Crippen LogP contribution >= 0.6 is 0 Å². The fourth-order valence-corrected chi connectivity index (χ4v) is 1.56. The lowest BCUT2D eigenvalue weighted by Gasteiger charge is -2.08. The zero-order chi connectivity index (χ0) is 15.6. The number of primary amides is 1. The molecule has 0 fully saturated rings. The third-order valence-corrected chi connectivity index (χ3v) is 2.59. The van der Waals surface area contributed by atoms with E-state index in [1.807, 2.05) is 5.32 Å². The smallest absolute Gasteiger partial charge is 0.258 e. The number of carbonyl (C=O) groups is 2. The molecule has 8 heteroatoms. The summed E-state index contributed by atoms with van der Waals surface area (Å²) in [5.41, 5.74) is 3.95. The quantitative estimate of drug-likeness (QED) is 0.847. The summed E-state index contributed by atoms with van der Waals surface area (Å²) < 4.78 is 39.9. The van der Waals surface area contributed by atoms with Gasteiger partial charge in [0.2, 0.25) is 11.9 Å². The molecule has 1 heterocycles. The molecule has 0 aliphatic heterocycles. The molecule has 0 saturated carbocycles. The second-order valence-electron chi connectivity index (χ2n) is 3.98. The highest BCUT2D eigenvalue weighted by Crippen LogP contribution is 2.18. The molecule has 3 N–H and O–H groups in total. The minimum absolute atomic E-state index is 0.0481. The predicted octanol–water partition coefficient (Wildman–Crippen LogP) is 1.85. The molecule has 0 bridgehead atoms. The van der Waals surface area contributed by atoms with Crippen LogP contribution < -0.4 is 11.1 Å². The number of nitrogens with one attached hydrogen (secondary N) is 1. The summed E-state index contributed by atoms with van der Waals surface area (Å²) in [7, 11) is 0. The fraction of sp³-hybridized carbons (Fsp3) is 0. The Hall–Kier alpha value is -2.90.